The molecule has 0 aromatic heterocycles. The first-order chi connectivity index (χ1) is 11.9. The molecule has 0 aliphatic rings. The van der Waals surface area contributed by atoms with Crippen LogP contribution in [0.1, 0.15) is 18.9 Å². The molecule has 3 rings (SSSR count). The van der Waals surface area contributed by atoms with E-state index in [1.54, 1.807) is 6.07 Å². The van der Waals surface area contributed by atoms with Gasteiger partial charge in [-0.15, -0.1) is 13.2 Å². The van der Waals surface area contributed by atoms with Gasteiger partial charge in [0.1, 0.15) is 11.6 Å². The highest BCUT2D eigenvalue weighted by atomic mass is 19.4. The number of rotatable bonds is 4. The zero-order valence-electron chi connectivity index (χ0n) is 13.5. The molecule has 0 unspecified atom stereocenters. The van der Waals surface area contributed by atoms with Crippen molar-refractivity contribution in [2.24, 2.45) is 0 Å². The Hall–Kier alpha value is -2.56. The molecule has 1 nitrogen and oxygen atoms in total. The summed E-state index contributed by atoms with van der Waals surface area (Å²) in [4.78, 5) is 0. The quantitative estimate of drug-likeness (QED) is 0.489. The normalized spacial score (nSPS) is 11.7. The minimum atomic E-state index is -4.74. The number of fused-ring (bicyclic) bond motifs is 1. The Labute approximate surface area is 142 Å². The van der Waals surface area contributed by atoms with Gasteiger partial charge in [0.2, 0.25) is 0 Å². The standard InChI is InChI=1S/C20H16F4O/c1-2-3-13-4-5-15-8-11-17(19(21)18(15)12-13)14-6-9-16(10-7-14)25-20(22,23)24/h4-12H,2-3H2,1H3. The molecule has 0 saturated heterocycles. The largest absolute Gasteiger partial charge is 0.573 e. The van der Waals surface area contributed by atoms with Crippen LogP contribution in [0.4, 0.5) is 17.6 Å². The van der Waals surface area contributed by atoms with Gasteiger partial charge in [0, 0.05) is 10.9 Å². The zero-order chi connectivity index (χ0) is 18.0. The van der Waals surface area contributed by atoms with Gasteiger partial charge in [-0.1, -0.05) is 49.7 Å². The van der Waals surface area contributed by atoms with Crippen molar-refractivity contribution < 1.29 is 22.3 Å². The molecule has 0 bridgehead atoms. The van der Waals surface area contributed by atoms with E-state index in [-0.39, 0.29) is 11.6 Å². The number of hydrogen-bond donors (Lipinski definition) is 0. The summed E-state index contributed by atoms with van der Waals surface area (Å²) in [5.74, 6) is -0.706. The number of halogens is 4. The lowest BCUT2D eigenvalue weighted by atomic mass is 9.98. The SMILES string of the molecule is CCCc1ccc2ccc(-c3ccc(OC(F)(F)F)cc3)c(F)c2c1. The van der Waals surface area contributed by atoms with E-state index in [1.807, 2.05) is 24.3 Å². The fourth-order valence-corrected chi connectivity index (χ4v) is 2.83. The second-order valence-corrected chi connectivity index (χ2v) is 5.80. The molecule has 0 aliphatic heterocycles. The van der Waals surface area contributed by atoms with Crippen molar-refractivity contribution in [2.75, 3.05) is 0 Å². The first-order valence-electron chi connectivity index (χ1n) is 7.94. The third-order valence-corrected chi connectivity index (χ3v) is 3.96. The highest BCUT2D eigenvalue weighted by Gasteiger charge is 2.31. The summed E-state index contributed by atoms with van der Waals surface area (Å²) in [6.45, 7) is 2.06. The number of alkyl halides is 3. The number of hydrogen-bond acceptors (Lipinski definition) is 1. The van der Waals surface area contributed by atoms with Crippen molar-refractivity contribution in [3.63, 3.8) is 0 Å². The van der Waals surface area contributed by atoms with Crippen molar-refractivity contribution in [1.29, 1.82) is 0 Å². The third-order valence-electron chi connectivity index (χ3n) is 3.96. The van der Waals surface area contributed by atoms with Crippen molar-refractivity contribution in [3.8, 4) is 16.9 Å². The monoisotopic (exact) mass is 348 g/mol. The van der Waals surface area contributed by atoms with E-state index in [2.05, 4.69) is 11.7 Å². The van der Waals surface area contributed by atoms with Crippen LogP contribution in [0.2, 0.25) is 0 Å². The fraction of sp³-hybridized carbons (Fsp3) is 0.200. The Morgan fingerprint density at radius 1 is 0.920 bits per heavy atom. The molecule has 5 heteroatoms. The van der Waals surface area contributed by atoms with Gasteiger partial charge in [-0.2, -0.15) is 0 Å². The van der Waals surface area contributed by atoms with E-state index in [0.29, 0.717) is 16.5 Å². The van der Waals surface area contributed by atoms with Crippen LogP contribution in [0.5, 0.6) is 5.75 Å². The van der Waals surface area contributed by atoms with Crippen LogP contribution in [-0.4, -0.2) is 6.36 Å². The van der Waals surface area contributed by atoms with Gasteiger partial charge in [0.25, 0.3) is 0 Å². The Bertz CT molecular complexity index is 883. The minimum Gasteiger partial charge on any atom is -0.406 e. The van der Waals surface area contributed by atoms with Crippen LogP contribution in [0.3, 0.4) is 0 Å². The van der Waals surface area contributed by atoms with E-state index in [4.69, 9.17) is 0 Å². The van der Waals surface area contributed by atoms with Crippen LogP contribution in [0, 0.1) is 5.82 Å². The summed E-state index contributed by atoms with van der Waals surface area (Å²) in [6.07, 6.45) is -2.91. The second kappa shape index (κ2) is 6.75. The Kier molecular flexibility index (Phi) is 4.66. The summed E-state index contributed by atoms with van der Waals surface area (Å²) >= 11 is 0. The molecule has 0 atom stereocenters. The lowest BCUT2D eigenvalue weighted by Gasteiger charge is -2.11. The third kappa shape index (κ3) is 3.92. The maximum Gasteiger partial charge on any atom is 0.573 e. The minimum absolute atomic E-state index is 0.331. The van der Waals surface area contributed by atoms with E-state index in [0.717, 1.165) is 23.8 Å². The fourth-order valence-electron chi connectivity index (χ4n) is 2.83. The second-order valence-electron chi connectivity index (χ2n) is 5.80. The molecule has 3 aromatic carbocycles. The molecule has 0 amide bonds. The van der Waals surface area contributed by atoms with Crippen LogP contribution < -0.4 is 4.74 Å². The predicted octanol–water partition coefficient (Wildman–Crippen LogP) is 6.50. The molecule has 0 N–H and O–H groups in total. The first kappa shape index (κ1) is 17.3. The van der Waals surface area contributed by atoms with Gasteiger partial charge < -0.3 is 4.74 Å². The van der Waals surface area contributed by atoms with Gasteiger partial charge in [-0.05, 0) is 41.1 Å². The maximum absolute atomic E-state index is 14.9. The molecular formula is C20H16F4O. The van der Waals surface area contributed by atoms with Crippen LogP contribution in [0.15, 0.2) is 54.6 Å². The predicted molar refractivity (Wildman–Crippen MR) is 90.0 cm³/mol. The Morgan fingerprint density at radius 3 is 2.24 bits per heavy atom. The Balaban J connectivity index is 1.99. The van der Waals surface area contributed by atoms with Gasteiger partial charge >= 0.3 is 6.36 Å². The summed E-state index contributed by atoms with van der Waals surface area (Å²) in [5.41, 5.74) is 1.90. The molecule has 0 spiro atoms. The summed E-state index contributed by atoms with van der Waals surface area (Å²) in [6, 6.07) is 14.3. The van der Waals surface area contributed by atoms with Crippen LogP contribution in [-0.2, 0) is 6.42 Å². The number of aryl methyl sites for hydroxylation is 1. The van der Waals surface area contributed by atoms with E-state index in [1.165, 1.54) is 24.3 Å². The van der Waals surface area contributed by atoms with Crippen molar-refractivity contribution in [3.05, 3.63) is 66.0 Å². The van der Waals surface area contributed by atoms with Gasteiger partial charge in [-0.25, -0.2) is 4.39 Å². The van der Waals surface area contributed by atoms with E-state index < -0.39 is 6.36 Å². The lowest BCUT2D eigenvalue weighted by molar-refractivity contribution is -0.274. The van der Waals surface area contributed by atoms with E-state index in [9.17, 15) is 17.6 Å². The molecule has 0 aliphatic carbocycles. The van der Waals surface area contributed by atoms with Gasteiger partial charge in [0.15, 0.2) is 0 Å². The van der Waals surface area contributed by atoms with Crippen LogP contribution in [0.25, 0.3) is 21.9 Å². The zero-order valence-corrected chi connectivity index (χ0v) is 13.5. The topological polar surface area (TPSA) is 9.23 Å². The smallest absolute Gasteiger partial charge is 0.406 e. The Morgan fingerprint density at radius 2 is 1.60 bits per heavy atom. The molecule has 0 saturated carbocycles. The average molecular weight is 348 g/mol. The van der Waals surface area contributed by atoms with Crippen LogP contribution >= 0.6 is 0 Å². The van der Waals surface area contributed by atoms with Crippen molar-refractivity contribution >= 4 is 10.8 Å². The number of ether oxygens (including phenoxy) is 1. The van der Waals surface area contributed by atoms with Gasteiger partial charge in [-0.3, -0.25) is 0 Å². The summed E-state index contributed by atoms with van der Waals surface area (Å²) in [5, 5.41) is 1.30. The maximum atomic E-state index is 14.9. The first-order valence-corrected chi connectivity index (χ1v) is 7.94. The summed E-state index contributed by atoms with van der Waals surface area (Å²) < 4.78 is 55.4. The van der Waals surface area contributed by atoms with Gasteiger partial charge in [0.05, 0.1) is 0 Å². The molecule has 0 heterocycles. The van der Waals surface area contributed by atoms with E-state index >= 15 is 0 Å². The summed E-state index contributed by atoms with van der Waals surface area (Å²) in [7, 11) is 0. The highest BCUT2D eigenvalue weighted by molar-refractivity contribution is 5.88. The molecule has 3 aromatic rings. The highest BCUT2D eigenvalue weighted by Crippen LogP contribution is 2.31. The molecular weight excluding hydrogens is 332 g/mol. The lowest BCUT2D eigenvalue weighted by Crippen LogP contribution is -2.16. The molecule has 130 valence electrons. The molecule has 0 radical (unpaired) electrons. The number of benzene rings is 3. The van der Waals surface area contributed by atoms with Crippen molar-refractivity contribution in [1.82, 2.24) is 0 Å². The average Bonchev–Trinajstić information content (AvgIpc) is 2.56. The van der Waals surface area contributed by atoms with Crippen molar-refractivity contribution in [2.45, 2.75) is 26.1 Å². The molecule has 25 heavy (non-hydrogen) atoms. The molecule has 0 fully saturated rings.